The quantitative estimate of drug-likeness (QED) is 0.897. The summed E-state index contributed by atoms with van der Waals surface area (Å²) >= 11 is 0. The van der Waals surface area contributed by atoms with E-state index in [1.165, 1.54) is 11.1 Å². The number of nitrogens with zero attached hydrogens (tertiary/aromatic N) is 1. The molecule has 136 valence electrons. The molecule has 2 aromatic rings. The number of amides is 2. The van der Waals surface area contributed by atoms with E-state index >= 15 is 0 Å². The van der Waals surface area contributed by atoms with Gasteiger partial charge in [-0.2, -0.15) is 0 Å². The van der Waals surface area contributed by atoms with E-state index in [0.29, 0.717) is 6.54 Å². The van der Waals surface area contributed by atoms with Crippen LogP contribution in [0.25, 0.3) is 0 Å². The Morgan fingerprint density at radius 2 is 1.77 bits per heavy atom. The number of rotatable bonds is 5. The van der Waals surface area contributed by atoms with Crippen LogP contribution >= 0.6 is 0 Å². The lowest BCUT2D eigenvalue weighted by molar-refractivity contribution is -0.127. The number of nitrogens with one attached hydrogen (secondary N) is 1. The first-order valence-corrected chi connectivity index (χ1v) is 9.07. The average molecular weight is 350 g/mol. The maximum atomic E-state index is 12.7. The zero-order valence-electron chi connectivity index (χ0n) is 15.7. The Hall–Kier alpha value is -2.62. The molecule has 1 saturated heterocycles. The first-order chi connectivity index (χ1) is 12.3. The van der Waals surface area contributed by atoms with Crippen LogP contribution in [0.1, 0.15) is 31.4 Å². The monoisotopic (exact) mass is 350 g/mol. The highest BCUT2D eigenvalue weighted by Crippen LogP contribution is 2.25. The Labute approximate surface area is 155 Å². The fraction of sp³-hybridized carbons (Fsp3) is 0.364. The van der Waals surface area contributed by atoms with Crippen LogP contribution in [-0.4, -0.2) is 23.9 Å². The Morgan fingerprint density at radius 3 is 2.42 bits per heavy atom. The first kappa shape index (κ1) is 18.2. The predicted octanol–water partition coefficient (Wildman–Crippen LogP) is 3.49. The molecule has 4 nitrogen and oxygen atoms in total. The van der Waals surface area contributed by atoms with Crippen molar-refractivity contribution in [2.24, 2.45) is 5.92 Å². The number of para-hydroxylation sites is 1. The molecule has 1 heterocycles. The summed E-state index contributed by atoms with van der Waals surface area (Å²) in [6, 6.07) is 17.9. The van der Waals surface area contributed by atoms with E-state index < -0.39 is 0 Å². The van der Waals surface area contributed by atoms with Crippen molar-refractivity contribution in [2.75, 3.05) is 11.4 Å². The van der Waals surface area contributed by atoms with Crippen LogP contribution < -0.4 is 10.2 Å². The van der Waals surface area contributed by atoms with Gasteiger partial charge < -0.3 is 10.2 Å². The Bertz CT molecular complexity index is 782. The molecule has 4 heteroatoms. The molecule has 0 radical (unpaired) electrons. The molecule has 1 unspecified atom stereocenters. The second-order valence-corrected chi connectivity index (χ2v) is 7.78. The number of benzene rings is 2. The van der Waals surface area contributed by atoms with Crippen molar-refractivity contribution in [3.8, 4) is 0 Å². The second-order valence-electron chi connectivity index (χ2n) is 7.78. The lowest BCUT2D eigenvalue weighted by atomic mass is 9.93. The van der Waals surface area contributed by atoms with Gasteiger partial charge in [-0.05, 0) is 44.9 Å². The highest BCUT2D eigenvalue weighted by Gasteiger charge is 2.36. The van der Waals surface area contributed by atoms with Gasteiger partial charge in [0, 0.05) is 24.2 Å². The Morgan fingerprint density at radius 1 is 1.12 bits per heavy atom. The third-order valence-electron chi connectivity index (χ3n) is 4.79. The molecule has 26 heavy (non-hydrogen) atoms. The van der Waals surface area contributed by atoms with Crippen LogP contribution in [0.15, 0.2) is 54.6 Å². The van der Waals surface area contributed by atoms with E-state index in [0.717, 1.165) is 12.1 Å². The fourth-order valence-corrected chi connectivity index (χ4v) is 3.44. The van der Waals surface area contributed by atoms with E-state index in [4.69, 9.17) is 0 Å². The zero-order valence-corrected chi connectivity index (χ0v) is 15.7. The summed E-state index contributed by atoms with van der Waals surface area (Å²) < 4.78 is 0. The minimum Gasteiger partial charge on any atom is -0.351 e. The van der Waals surface area contributed by atoms with Crippen molar-refractivity contribution < 1.29 is 9.59 Å². The summed E-state index contributed by atoms with van der Waals surface area (Å²) in [5.41, 5.74) is 2.90. The highest BCUT2D eigenvalue weighted by molar-refractivity contribution is 6.00. The van der Waals surface area contributed by atoms with Gasteiger partial charge in [0.1, 0.15) is 0 Å². The second kappa shape index (κ2) is 7.32. The van der Waals surface area contributed by atoms with Gasteiger partial charge in [-0.1, -0.05) is 48.0 Å². The summed E-state index contributed by atoms with van der Waals surface area (Å²) in [5.74, 6) is -0.346. The molecular formula is C22H26N2O2. The minimum atomic E-state index is -0.366. The summed E-state index contributed by atoms with van der Waals surface area (Å²) in [6.07, 6.45) is 1.02. The molecule has 0 aromatic heterocycles. The lowest BCUT2D eigenvalue weighted by Crippen LogP contribution is -2.48. The standard InChI is InChI=1S/C22H26N2O2/c1-16-9-11-17(12-10-16)14-22(2,3)23-21(26)18-13-20(25)24(15-18)19-7-5-4-6-8-19/h4-12,18H,13-15H2,1-3H3,(H,23,26). The van der Waals surface area contributed by atoms with Crippen molar-refractivity contribution in [1.29, 1.82) is 0 Å². The maximum Gasteiger partial charge on any atom is 0.227 e. The van der Waals surface area contributed by atoms with Crippen molar-refractivity contribution in [2.45, 2.75) is 39.2 Å². The summed E-state index contributed by atoms with van der Waals surface area (Å²) in [6.45, 7) is 6.55. The third-order valence-corrected chi connectivity index (χ3v) is 4.79. The molecule has 1 aliphatic heterocycles. The topological polar surface area (TPSA) is 49.4 Å². The van der Waals surface area contributed by atoms with Crippen molar-refractivity contribution in [1.82, 2.24) is 5.32 Å². The molecule has 1 atom stereocenters. The molecule has 0 saturated carbocycles. The molecule has 2 aromatic carbocycles. The molecule has 1 fully saturated rings. The van der Waals surface area contributed by atoms with Gasteiger partial charge in [-0.15, -0.1) is 0 Å². The molecule has 1 N–H and O–H groups in total. The largest absolute Gasteiger partial charge is 0.351 e. The number of hydrogen-bond acceptors (Lipinski definition) is 2. The van der Waals surface area contributed by atoms with Gasteiger partial charge in [0.15, 0.2) is 0 Å². The normalized spacial score (nSPS) is 17.4. The van der Waals surface area contributed by atoms with E-state index in [-0.39, 0.29) is 29.7 Å². The number of hydrogen-bond donors (Lipinski definition) is 1. The first-order valence-electron chi connectivity index (χ1n) is 9.07. The number of carbonyl (C=O) groups excluding carboxylic acids is 2. The van der Waals surface area contributed by atoms with Crippen LogP contribution in [-0.2, 0) is 16.0 Å². The van der Waals surface area contributed by atoms with Gasteiger partial charge >= 0.3 is 0 Å². The van der Waals surface area contributed by atoms with Crippen LogP contribution in [0, 0.1) is 12.8 Å². The molecule has 3 rings (SSSR count). The molecular weight excluding hydrogens is 324 g/mol. The van der Waals surface area contributed by atoms with Gasteiger partial charge in [-0.25, -0.2) is 0 Å². The average Bonchev–Trinajstić information content (AvgIpc) is 2.99. The summed E-state index contributed by atoms with van der Waals surface area (Å²) in [7, 11) is 0. The zero-order chi connectivity index (χ0) is 18.7. The van der Waals surface area contributed by atoms with Crippen LogP contribution in [0.2, 0.25) is 0 Å². The van der Waals surface area contributed by atoms with Crippen molar-refractivity contribution >= 4 is 17.5 Å². The molecule has 0 bridgehead atoms. The van der Waals surface area contributed by atoms with Gasteiger partial charge in [0.25, 0.3) is 0 Å². The molecule has 0 aliphatic carbocycles. The van der Waals surface area contributed by atoms with Crippen molar-refractivity contribution in [3.05, 3.63) is 65.7 Å². The summed E-state index contributed by atoms with van der Waals surface area (Å²) in [5, 5.41) is 3.14. The molecule has 1 aliphatic rings. The number of aryl methyl sites for hydroxylation is 1. The van der Waals surface area contributed by atoms with Crippen LogP contribution in [0.4, 0.5) is 5.69 Å². The Kier molecular flexibility index (Phi) is 5.12. The fourth-order valence-electron chi connectivity index (χ4n) is 3.44. The predicted molar refractivity (Wildman–Crippen MR) is 104 cm³/mol. The van der Waals surface area contributed by atoms with Crippen molar-refractivity contribution in [3.63, 3.8) is 0 Å². The van der Waals surface area contributed by atoms with E-state index in [1.54, 1.807) is 4.90 Å². The number of carbonyl (C=O) groups is 2. The van der Waals surface area contributed by atoms with Crippen LogP contribution in [0.5, 0.6) is 0 Å². The SMILES string of the molecule is Cc1ccc(CC(C)(C)NC(=O)C2CC(=O)N(c3ccccc3)C2)cc1. The van der Waals surface area contributed by atoms with Gasteiger partial charge in [0.2, 0.25) is 11.8 Å². The van der Waals surface area contributed by atoms with E-state index in [2.05, 4.69) is 36.5 Å². The number of anilines is 1. The lowest BCUT2D eigenvalue weighted by Gasteiger charge is -2.28. The summed E-state index contributed by atoms with van der Waals surface area (Å²) in [4.78, 5) is 26.8. The van der Waals surface area contributed by atoms with E-state index in [9.17, 15) is 9.59 Å². The maximum absolute atomic E-state index is 12.7. The van der Waals surface area contributed by atoms with Gasteiger partial charge in [0.05, 0.1) is 5.92 Å². The Balaban J connectivity index is 1.62. The minimum absolute atomic E-state index is 0.00712. The van der Waals surface area contributed by atoms with E-state index in [1.807, 2.05) is 44.2 Å². The smallest absolute Gasteiger partial charge is 0.227 e. The molecule has 0 spiro atoms. The van der Waals surface area contributed by atoms with Gasteiger partial charge in [-0.3, -0.25) is 9.59 Å². The third kappa shape index (κ3) is 4.31. The molecule has 2 amide bonds. The highest BCUT2D eigenvalue weighted by atomic mass is 16.2. The van der Waals surface area contributed by atoms with Crippen LogP contribution in [0.3, 0.4) is 0 Å².